The zero-order valence-corrected chi connectivity index (χ0v) is 14.3. The molecule has 0 aliphatic carbocycles. The maximum atomic E-state index is 5.06. The monoisotopic (exact) mass is 339 g/mol. The summed E-state index contributed by atoms with van der Waals surface area (Å²) in [5, 5.41) is 14.9. The predicted octanol–water partition coefficient (Wildman–Crippen LogP) is 1.39. The van der Waals surface area contributed by atoms with Crippen LogP contribution in [0.2, 0.25) is 0 Å². The van der Waals surface area contributed by atoms with Crippen LogP contribution < -0.4 is 15.4 Å². The molecule has 0 saturated heterocycles. The van der Waals surface area contributed by atoms with Gasteiger partial charge in [0.25, 0.3) is 0 Å². The highest BCUT2D eigenvalue weighted by atomic mass is 16.5. The summed E-state index contributed by atoms with van der Waals surface area (Å²) in [6.07, 6.45) is 3.71. The summed E-state index contributed by atoms with van der Waals surface area (Å²) in [7, 11) is 1.60. The van der Waals surface area contributed by atoms with Crippen molar-refractivity contribution in [3.8, 4) is 5.88 Å². The van der Waals surface area contributed by atoms with Gasteiger partial charge < -0.3 is 15.4 Å². The van der Waals surface area contributed by atoms with Crippen LogP contribution in [-0.2, 0) is 13.1 Å². The van der Waals surface area contributed by atoms with Gasteiger partial charge in [0, 0.05) is 25.0 Å². The molecule has 0 saturated carbocycles. The third-order valence-electron chi connectivity index (χ3n) is 3.57. The number of pyridine rings is 2. The summed E-state index contributed by atoms with van der Waals surface area (Å²) >= 11 is 0. The summed E-state index contributed by atoms with van der Waals surface area (Å²) in [5.74, 6) is 2.13. The summed E-state index contributed by atoms with van der Waals surface area (Å²) in [6.45, 7) is 3.84. The van der Waals surface area contributed by atoms with Crippen LogP contribution in [0.5, 0.6) is 5.88 Å². The van der Waals surface area contributed by atoms with Crippen LogP contribution in [0.25, 0.3) is 5.65 Å². The molecule has 0 amide bonds. The molecule has 3 rings (SSSR count). The first-order valence-electron chi connectivity index (χ1n) is 8.10. The number of hydrogen-bond donors (Lipinski definition) is 2. The maximum Gasteiger partial charge on any atom is 0.212 e. The molecule has 3 heterocycles. The highest BCUT2D eigenvalue weighted by Gasteiger charge is 2.05. The smallest absolute Gasteiger partial charge is 0.212 e. The van der Waals surface area contributed by atoms with E-state index in [1.807, 2.05) is 47.9 Å². The Hall–Kier alpha value is -3.16. The van der Waals surface area contributed by atoms with Gasteiger partial charge >= 0.3 is 0 Å². The van der Waals surface area contributed by atoms with Crippen molar-refractivity contribution in [2.75, 3.05) is 13.7 Å². The van der Waals surface area contributed by atoms with Crippen molar-refractivity contribution in [3.05, 3.63) is 54.1 Å². The lowest BCUT2D eigenvalue weighted by atomic mass is 10.3. The lowest BCUT2D eigenvalue weighted by Gasteiger charge is -2.10. The molecule has 0 spiro atoms. The van der Waals surface area contributed by atoms with Crippen LogP contribution >= 0.6 is 0 Å². The van der Waals surface area contributed by atoms with Gasteiger partial charge in [-0.2, -0.15) is 0 Å². The second-order valence-corrected chi connectivity index (χ2v) is 5.30. The fraction of sp³-hybridized carbons (Fsp3) is 0.294. The molecule has 3 aromatic heterocycles. The Balaban J connectivity index is 1.65. The van der Waals surface area contributed by atoms with Crippen molar-refractivity contribution in [3.63, 3.8) is 0 Å². The van der Waals surface area contributed by atoms with E-state index in [0.717, 1.165) is 23.6 Å². The van der Waals surface area contributed by atoms with Crippen LogP contribution in [0.3, 0.4) is 0 Å². The quantitative estimate of drug-likeness (QED) is 0.521. The Bertz CT molecular complexity index is 842. The molecular weight excluding hydrogens is 318 g/mol. The average Bonchev–Trinajstić information content (AvgIpc) is 3.07. The highest BCUT2D eigenvalue weighted by molar-refractivity contribution is 5.79. The molecule has 0 aliphatic rings. The van der Waals surface area contributed by atoms with Gasteiger partial charge in [0.15, 0.2) is 17.4 Å². The number of aliphatic imine (C=N–C) groups is 1. The van der Waals surface area contributed by atoms with Gasteiger partial charge in [-0.25, -0.2) is 9.98 Å². The van der Waals surface area contributed by atoms with Crippen molar-refractivity contribution in [1.82, 2.24) is 30.2 Å². The molecule has 0 atom stereocenters. The van der Waals surface area contributed by atoms with Gasteiger partial charge in [-0.15, -0.1) is 10.2 Å². The number of nitrogens with zero attached hydrogens (tertiary/aromatic N) is 5. The molecule has 0 bridgehead atoms. The van der Waals surface area contributed by atoms with Crippen molar-refractivity contribution in [1.29, 1.82) is 0 Å². The van der Waals surface area contributed by atoms with E-state index in [1.54, 1.807) is 13.3 Å². The fourth-order valence-electron chi connectivity index (χ4n) is 2.31. The lowest BCUT2D eigenvalue weighted by Crippen LogP contribution is -2.37. The van der Waals surface area contributed by atoms with E-state index in [9.17, 15) is 0 Å². The fourth-order valence-corrected chi connectivity index (χ4v) is 2.31. The number of nitrogens with one attached hydrogen (secondary N) is 2. The van der Waals surface area contributed by atoms with Gasteiger partial charge in [0.1, 0.15) is 0 Å². The summed E-state index contributed by atoms with van der Waals surface area (Å²) < 4.78 is 7.01. The van der Waals surface area contributed by atoms with Gasteiger partial charge in [-0.05, 0) is 24.6 Å². The minimum absolute atomic E-state index is 0.521. The molecule has 8 heteroatoms. The van der Waals surface area contributed by atoms with Gasteiger partial charge in [-0.3, -0.25) is 4.40 Å². The SMILES string of the molecule is CCNC(=NCc1ccc(OC)nc1)NCc1nnc2ccccn12. The van der Waals surface area contributed by atoms with E-state index in [-0.39, 0.29) is 0 Å². The molecule has 0 aromatic carbocycles. The molecule has 0 aliphatic heterocycles. The van der Waals surface area contributed by atoms with Gasteiger partial charge in [0.2, 0.25) is 5.88 Å². The molecule has 130 valence electrons. The average molecular weight is 339 g/mol. The molecule has 8 nitrogen and oxygen atoms in total. The second-order valence-electron chi connectivity index (χ2n) is 5.30. The minimum atomic E-state index is 0.521. The standard InChI is InChI=1S/C17H21N7O/c1-3-18-17(20-11-13-7-8-16(25-2)19-10-13)21-12-15-23-22-14-6-4-5-9-24(14)15/h4-10H,3,11-12H2,1-2H3,(H2,18,20,21). The zero-order valence-electron chi connectivity index (χ0n) is 14.3. The van der Waals surface area contributed by atoms with Gasteiger partial charge in [-0.1, -0.05) is 12.1 Å². The summed E-state index contributed by atoms with van der Waals surface area (Å²) in [4.78, 5) is 8.76. The third-order valence-corrected chi connectivity index (χ3v) is 3.57. The highest BCUT2D eigenvalue weighted by Crippen LogP contribution is 2.07. The van der Waals surface area contributed by atoms with Gasteiger partial charge in [0.05, 0.1) is 20.2 Å². The Morgan fingerprint density at radius 3 is 2.88 bits per heavy atom. The molecular formula is C17H21N7O. The van der Waals surface area contributed by atoms with Crippen molar-refractivity contribution >= 4 is 11.6 Å². The number of methoxy groups -OCH3 is 1. The van der Waals surface area contributed by atoms with Crippen LogP contribution in [0.4, 0.5) is 0 Å². The number of hydrogen-bond acceptors (Lipinski definition) is 5. The number of guanidine groups is 1. The molecule has 3 aromatic rings. The molecule has 0 radical (unpaired) electrons. The first-order chi connectivity index (χ1) is 12.3. The molecule has 25 heavy (non-hydrogen) atoms. The van der Waals surface area contributed by atoms with Crippen LogP contribution in [0, 0.1) is 0 Å². The van der Waals surface area contributed by atoms with E-state index < -0.39 is 0 Å². The number of ether oxygens (including phenoxy) is 1. The number of aromatic nitrogens is 4. The Morgan fingerprint density at radius 1 is 1.20 bits per heavy atom. The van der Waals surface area contributed by atoms with Crippen molar-refractivity contribution < 1.29 is 4.74 Å². The Kier molecular flexibility index (Phi) is 5.40. The normalized spacial score (nSPS) is 11.5. The van der Waals surface area contributed by atoms with Crippen molar-refractivity contribution in [2.45, 2.75) is 20.0 Å². The number of rotatable bonds is 6. The van der Waals surface area contributed by atoms with Crippen molar-refractivity contribution in [2.24, 2.45) is 4.99 Å². The number of fused-ring (bicyclic) bond motifs is 1. The summed E-state index contributed by atoms with van der Waals surface area (Å²) in [5.41, 5.74) is 1.83. The predicted molar refractivity (Wildman–Crippen MR) is 95.4 cm³/mol. The zero-order chi connectivity index (χ0) is 17.5. The van der Waals surface area contributed by atoms with Crippen LogP contribution in [0.1, 0.15) is 18.3 Å². The largest absolute Gasteiger partial charge is 0.481 e. The molecule has 0 unspecified atom stereocenters. The van der Waals surface area contributed by atoms with Crippen LogP contribution in [-0.4, -0.2) is 39.2 Å². The molecule has 0 fully saturated rings. The van der Waals surface area contributed by atoms with E-state index in [2.05, 4.69) is 30.8 Å². The van der Waals surface area contributed by atoms with E-state index >= 15 is 0 Å². The minimum Gasteiger partial charge on any atom is -0.481 e. The topological polar surface area (TPSA) is 88.7 Å². The Labute approximate surface area is 146 Å². The van der Waals surface area contributed by atoms with E-state index in [0.29, 0.717) is 24.9 Å². The Morgan fingerprint density at radius 2 is 2.12 bits per heavy atom. The first-order valence-corrected chi connectivity index (χ1v) is 8.10. The molecule has 2 N–H and O–H groups in total. The van der Waals surface area contributed by atoms with E-state index in [4.69, 9.17) is 4.74 Å². The van der Waals surface area contributed by atoms with E-state index in [1.165, 1.54) is 0 Å². The first kappa shape index (κ1) is 16.7. The second kappa shape index (κ2) is 8.09. The lowest BCUT2D eigenvalue weighted by molar-refractivity contribution is 0.397. The third kappa shape index (κ3) is 4.23. The van der Waals surface area contributed by atoms with Crippen LogP contribution in [0.15, 0.2) is 47.7 Å². The maximum absolute atomic E-state index is 5.06. The summed E-state index contributed by atoms with van der Waals surface area (Å²) in [6, 6.07) is 9.59.